The van der Waals surface area contributed by atoms with Crippen molar-refractivity contribution in [3.05, 3.63) is 17.7 Å². The molecular formula is C14H20N2OS. The number of ether oxygens (including phenoxy) is 1. The molecule has 1 aromatic carbocycles. The second-order valence-corrected chi connectivity index (χ2v) is 5.41. The van der Waals surface area contributed by atoms with Crippen LogP contribution in [0.4, 0.5) is 5.13 Å². The molecule has 18 heavy (non-hydrogen) atoms. The van der Waals surface area contributed by atoms with Gasteiger partial charge in [0.1, 0.15) is 5.75 Å². The Morgan fingerprint density at radius 2 is 2.11 bits per heavy atom. The molecule has 0 spiro atoms. The van der Waals surface area contributed by atoms with Gasteiger partial charge in [-0.05, 0) is 37.5 Å². The van der Waals surface area contributed by atoms with Crippen LogP contribution in [-0.2, 0) is 0 Å². The number of thiazole rings is 1. The van der Waals surface area contributed by atoms with Gasteiger partial charge in [-0.25, -0.2) is 4.98 Å². The van der Waals surface area contributed by atoms with E-state index in [0.29, 0.717) is 0 Å². The van der Waals surface area contributed by atoms with Crippen LogP contribution in [0.25, 0.3) is 10.2 Å². The fourth-order valence-electron chi connectivity index (χ4n) is 1.78. The number of aromatic nitrogens is 1. The number of nitrogens with one attached hydrogen (secondary N) is 1. The molecule has 0 radical (unpaired) electrons. The number of benzene rings is 1. The molecule has 0 aliphatic rings. The van der Waals surface area contributed by atoms with Crippen molar-refractivity contribution in [1.82, 2.24) is 4.98 Å². The molecule has 0 saturated carbocycles. The standard InChI is InChI=1S/C14H20N2OS/c1-4-6-15-14-16-13-10(3)8-11(17-7-5-2)9-12(13)18-14/h8-9H,4-7H2,1-3H3,(H,15,16). The summed E-state index contributed by atoms with van der Waals surface area (Å²) >= 11 is 1.70. The van der Waals surface area contributed by atoms with Crippen molar-refractivity contribution in [2.75, 3.05) is 18.5 Å². The minimum Gasteiger partial charge on any atom is -0.494 e. The van der Waals surface area contributed by atoms with E-state index in [9.17, 15) is 0 Å². The summed E-state index contributed by atoms with van der Waals surface area (Å²) < 4.78 is 6.89. The van der Waals surface area contributed by atoms with E-state index in [1.165, 1.54) is 10.3 Å². The van der Waals surface area contributed by atoms with Gasteiger partial charge >= 0.3 is 0 Å². The first kappa shape index (κ1) is 13.1. The summed E-state index contributed by atoms with van der Waals surface area (Å²) in [6.07, 6.45) is 2.14. The minimum atomic E-state index is 0.769. The topological polar surface area (TPSA) is 34.2 Å². The minimum absolute atomic E-state index is 0.769. The Morgan fingerprint density at radius 3 is 2.83 bits per heavy atom. The van der Waals surface area contributed by atoms with Gasteiger partial charge in [0.05, 0.1) is 16.8 Å². The van der Waals surface area contributed by atoms with Crippen LogP contribution >= 0.6 is 11.3 Å². The third-order valence-corrected chi connectivity index (χ3v) is 3.62. The molecule has 2 rings (SSSR count). The van der Waals surface area contributed by atoms with Crippen molar-refractivity contribution in [1.29, 1.82) is 0 Å². The van der Waals surface area contributed by atoms with E-state index in [1.54, 1.807) is 11.3 Å². The number of anilines is 1. The van der Waals surface area contributed by atoms with Crippen LogP contribution in [0, 0.1) is 6.92 Å². The summed E-state index contributed by atoms with van der Waals surface area (Å²) in [6.45, 7) is 8.10. The largest absolute Gasteiger partial charge is 0.494 e. The van der Waals surface area contributed by atoms with E-state index in [2.05, 4.69) is 43.2 Å². The van der Waals surface area contributed by atoms with Crippen molar-refractivity contribution in [3.63, 3.8) is 0 Å². The van der Waals surface area contributed by atoms with Gasteiger partial charge in [-0.2, -0.15) is 0 Å². The van der Waals surface area contributed by atoms with E-state index in [0.717, 1.165) is 42.4 Å². The molecule has 1 aromatic heterocycles. The lowest BCUT2D eigenvalue weighted by Gasteiger charge is -2.05. The average Bonchev–Trinajstić information content (AvgIpc) is 2.77. The fourth-order valence-corrected chi connectivity index (χ4v) is 2.77. The maximum atomic E-state index is 5.69. The van der Waals surface area contributed by atoms with Crippen LogP contribution in [0.5, 0.6) is 5.75 Å². The summed E-state index contributed by atoms with van der Waals surface area (Å²) in [5, 5.41) is 4.34. The highest BCUT2D eigenvalue weighted by Crippen LogP contribution is 2.31. The zero-order valence-electron chi connectivity index (χ0n) is 11.2. The highest BCUT2D eigenvalue weighted by Gasteiger charge is 2.08. The Balaban J connectivity index is 2.27. The Labute approximate surface area is 112 Å². The van der Waals surface area contributed by atoms with Gasteiger partial charge < -0.3 is 10.1 Å². The lowest BCUT2D eigenvalue weighted by Crippen LogP contribution is -1.98. The normalized spacial score (nSPS) is 10.8. The average molecular weight is 264 g/mol. The Kier molecular flexibility index (Phi) is 4.42. The van der Waals surface area contributed by atoms with Gasteiger partial charge in [-0.3, -0.25) is 0 Å². The van der Waals surface area contributed by atoms with Crippen molar-refractivity contribution in [2.24, 2.45) is 0 Å². The highest BCUT2D eigenvalue weighted by molar-refractivity contribution is 7.22. The van der Waals surface area contributed by atoms with Gasteiger partial charge in [0.2, 0.25) is 0 Å². The summed E-state index contributed by atoms with van der Waals surface area (Å²) in [5.41, 5.74) is 2.27. The van der Waals surface area contributed by atoms with Crippen LogP contribution in [0.3, 0.4) is 0 Å². The maximum absolute atomic E-state index is 5.69. The van der Waals surface area contributed by atoms with Gasteiger partial charge in [0.25, 0.3) is 0 Å². The number of hydrogen-bond acceptors (Lipinski definition) is 4. The lowest BCUT2D eigenvalue weighted by atomic mass is 10.2. The van der Waals surface area contributed by atoms with E-state index < -0.39 is 0 Å². The number of fused-ring (bicyclic) bond motifs is 1. The number of hydrogen-bond donors (Lipinski definition) is 1. The van der Waals surface area contributed by atoms with E-state index in [-0.39, 0.29) is 0 Å². The number of aryl methyl sites for hydroxylation is 1. The van der Waals surface area contributed by atoms with Crippen LogP contribution in [0.1, 0.15) is 32.3 Å². The van der Waals surface area contributed by atoms with Gasteiger partial charge in [-0.1, -0.05) is 25.2 Å². The smallest absolute Gasteiger partial charge is 0.183 e. The predicted octanol–water partition coefficient (Wildman–Crippen LogP) is 4.22. The van der Waals surface area contributed by atoms with Gasteiger partial charge in [-0.15, -0.1) is 0 Å². The number of rotatable bonds is 6. The predicted molar refractivity (Wildman–Crippen MR) is 78.9 cm³/mol. The molecule has 0 saturated heterocycles. The SMILES string of the molecule is CCCNc1nc2c(C)cc(OCCC)cc2s1. The molecule has 3 nitrogen and oxygen atoms in total. The zero-order valence-corrected chi connectivity index (χ0v) is 12.1. The lowest BCUT2D eigenvalue weighted by molar-refractivity contribution is 0.318. The fraction of sp³-hybridized carbons (Fsp3) is 0.500. The number of nitrogens with zero attached hydrogens (tertiary/aromatic N) is 1. The molecular weight excluding hydrogens is 244 g/mol. The van der Waals surface area contributed by atoms with Crippen LogP contribution in [0.2, 0.25) is 0 Å². The van der Waals surface area contributed by atoms with E-state index >= 15 is 0 Å². The monoisotopic (exact) mass is 264 g/mol. The molecule has 2 aromatic rings. The summed E-state index contributed by atoms with van der Waals surface area (Å²) in [6, 6.07) is 4.16. The second-order valence-electron chi connectivity index (χ2n) is 4.38. The maximum Gasteiger partial charge on any atom is 0.183 e. The highest BCUT2D eigenvalue weighted by atomic mass is 32.1. The second kappa shape index (κ2) is 6.05. The molecule has 0 aliphatic carbocycles. The van der Waals surface area contributed by atoms with E-state index in [1.807, 2.05) is 0 Å². The summed E-state index contributed by atoms with van der Waals surface area (Å²) in [7, 11) is 0. The molecule has 0 bridgehead atoms. The Bertz CT molecular complexity index is 522. The van der Waals surface area contributed by atoms with Gasteiger partial charge in [0.15, 0.2) is 5.13 Å². The van der Waals surface area contributed by atoms with E-state index in [4.69, 9.17) is 4.74 Å². The van der Waals surface area contributed by atoms with Crippen LogP contribution in [-0.4, -0.2) is 18.1 Å². The first-order valence-corrected chi connectivity index (χ1v) is 7.34. The van der Waals surface area contributed by atoms with Crippen LogP contribution < -0.4 is 10.1 Å². The third kappa shape index (κ3) is 2.93. The third-order valence-electron chi connectivity index (χ3n) is 2.66. The van der Waals surface area contributed by atoms with Crippen molar-refractivity contribution in [2.45, 2.75) is 33.6 Å². The molecule has 0 amide bonds. The molecule has 0 aliphatic heterocycles. The quantitative estimate of drug-likeness (QED) is 0.848. The Morgan fingerprint density at radius 1 is 1.28 bits per heavy atom. The molecule has 1 N–H and O–H groups in total. The molecule has 98 valence electrons. The summed E-state index contributed by atoms with van der Waals surface area (Å²) in [5.74, 6) is 0.951. The van der Waals surface area contributed by atoms with Crippen molar-refractivity contribution < 1.29 is 4.74 Å². The first-order chi connectivity index (χ1) is 8.74. The van der Waals surface area contributed by atoms with Crippen LogP contribution in [0.15, 0.2) is 12.1 Å². The first-order valence-electron chi connectivity index (χ1n) is 6.52. The zero-order chi connectivity index (χ0) is 13.0. The molecule has 4 heteroatoms. The molecule has 1 heterocycles. The van der Waals surface area contributed by atoms with Gasteiger partial charge in [0, 0.05) is 6.54 Å². The molecule has 0 atom stereocenters. The summed E-state index contributed by atoms with van der Waals surface area (Å²) in [4.78, 5) is 4.62. The van der Waals surface area contributed by atoms with Crippen molar-refractivity contribution >= 4 is 26.7 Å². The Hall–Kier alpha value is -1.29. The molecule has 0 fully saturated rings. The molecule has 0 unspecified atom stereocenters. The van der Waals surface area contributed by atoms with Crippen molar-refractivity contribution in [3.8, 4) is 5.75 Å².